The van der Waals surface area contributed by atoms with Crippen molar-refractivity contribution in [3.05, 3.63) is 33.3 Å². The van der Waals surface area contributed by atoms with Crippen molar-refractivity contribution in [3.8, 4) is 0 Å². The molecule has 0 unspecified atom stereocenters. The summed E-state index contributed by atoms with van der Waals surface area (Å²) < 4.78 is 0.718. The molecule has 0 aromatic heterocycles. The Morgan fingerprint density at radius 2 is 2.23 bits per heavy atom. The molecule has 0 saturated carbocycles. The fourth-order valence-corrected chi connectivity index (χ4v) is 1.28. The van der Waals surface area contributed by atoms with Gasteiger partial charge in [-0.3, -0.25) is 4.79 Å². The summed E-state index contributed by atoms with van der Waals surface area (Å²) in [4.78, 5) is 10.5. The van der Waals surface area contributed by atoms with E-state index in [2.05, 4.69) is 15.9 Å². The van der Waals surface area contributed by atoms with Crippen molar-refractivity contribution >= 4 is 33.5 Å². The van der Waals surface area contributed by atoms with Gasteiger partial charge in [0.05, 0.1) is 5.02 Å². The lowest BCUT2D eigenvalue weighted by Gasteiger charge is -2.07. The van der Waals surface area contributed by atoms with Gasteiger partial charge < -0.3 is 10.8 Å². The zero-order valence-electron chi connectivity index (χ0n) is 6.50. The molecule has 70 valence electrons. The van der Waals surface area contributed by atoms with Gasteiger partial charge in [-0.05, 0) is 33.6 Å². The van der Waals surface area contributed by atoms with Crippen LogP contribution in [0, 0.1) is 0 Å². The summed E-state index contributed by atoms with van der Waals surface area (Å²) in [7, 11) is 0. The van der Waals surface area contributed by atoms with Crippen molar-refractivity contribution in [1.29, 1.82) is 0 Å². The molecule has 0 aliphatic carbocycles. The van der Waals surface area contributed by atoms with Gasteiger partial charge in [0, 0.05) is 4.47 Å². The van der Waals surface area contributed by atoms with Crippen LogP contribution in [0.2, 0.25) is 5.02 Å². The summed E-state index contributed by atoms with van der Waals surface area (Å²) in [5.41, 5.74) is 5.87. The molecule has 0 amide bonds. The first-order valence-corrected chi connectivity index (χ1v) is 4.63. The van der Waals surface area contributed by atoms with Crippen molar-refractivity contribution in [3.63, 3.8) is 0 Å². The number of benzene rings is 1. The zero-order valence-corrected chi connectivity index (χ0v) is 8.84. The molecule has 3 nitrogen and oxygen atoms in total. The first-order chi connectivity index (χ1) is 6.02. The van der Waals surface area contributed by atoms with Gasteiger partial charge in [-0.15, -0.1) is 0 Å². The van der Waals surface area contributed by atoms with E-state index in [0.29, 0.717) is 10.6 Å². The highest BCUT2D eigenvalue weighted by atomic mass is 79.9. The molecule has 0 spiro atoms. The van der Waals surface area contributed by atoms with Crippen molar-refractivity contribution < 1.29 is 9.90 Å². The van der Waals surface area contributed by atoms with E-state index in [4.69, 9.17) is 22.4 Å². The Morgan fingerprint density at radius 3 is 2.69 bits per heavy atom. The van der Waals surface area contributed by atoms with E-state index in [0.717, 1.165) is 4.47 Å². The third-order valence-electron chi connectivity index (χ3n) is 1.57. The van der Waals surface area contributed by atoms with Crippen molar-refractivity contribution in [2.45, 2.75) is 6.04 Å². The van der Waals surface area contributed by atoms with Crippen molar-refractivity contribution in [2.24, 2.45) is 5.73 Å². The minimum Gasteiger partial charge on any atom is -0.480 e. The Hall–Kier alpha value is -0.580. The lowest BCUT2D eigenvalue weighted by atomic mass is 10.1. The van der Waals surface area contributed by atoms with Gasteiger partial charge in [-0.2, -0.15) is 0 Å². The average Bonchev–Trinajstić information content (AvgIpc) is 2.08. The number of aliphatic carboxylic acids is 1. The van der Waals surface area contributed by atoms with Crippen molar-refractivity contribution in [1.82, 2.24) is 0 Å². The molecule has 1 aromatic carbocycles. The van der Waals surface area contributed by atoms with Gasteiger partial charge in [0.2, 0.25) is 0 Å². The first-order valence-electron chi connectivity index (χ1n) is 3.45. The second-order valence-electron chi connectivity index (χ2n) is 2.49. The van der Waals surface area contributed by atoms with Crippen LogP contribution in [-0.2, 0) is 4.79 Å². The van der Waals surface area contributed by atoms with Gasteiger partial charge in [0.15, 0.2) is 0 Å². The lowest BCUT2D eigenvalue weighted by Crippen LogP contribution is -2.20. The largest absolute Gasteiger partial charge is 0.480 e. The van der Waals surface area contributed by atoms with Crippen LogP contribution in [0.5, 0.6) is 0 Å². The molecule has 0 bridgehead atoms. The average molecular weight is 265 g/mol. The summed E-state index contributed by atoms with van der Waals surface area (Å²) in [6.07, 6.45) is 0. The number of halogens is 2. The van der Waals surface area contributed by atoms with Crippen LogP contribution in [0.1, 0.15) is 11.6 Å². The number of rotatable bonds is 2. The highest BCUT2D eigenvalue weighted by molar-refractivity contribution is 9.10. The quantitative estimate of drug-likeness (QED) is 0.860. The second-order valence-corrected chi connectivity index (χ2v) is 3.75. The van der Waals surface area contributed by atoms with E-state index in [9.17, 15) is 4.79 Å². The predicted molar refractivity (Wildman–Crippen MR) is 53.7 cm³/mol. The molecule has 13 heavy (non-hydrogen) atoms. The van der Waals surface area contributed by atoms with E-state index in [1.807, 2.05) is 0 Å². The first kappa shape index (κ1) is 10.5. The summed E-state index contributed by atoms with van der Waals surface area (Å²) in [5.74, 6) is -1.07. The normalized spacial score (nSPS) is 12.5. The maximum atomic E-state index is 10.5. The highest BCUT2D eigenvalue weighted by Gasteiger charge is 2.14. The molecule has 0 aliphatic heterocycles. The third-order valence-corrected chi connectivity index (χ3v) is 2.80. The fourth-order valence-electron chi connectivity index (χ4n) is 0.848. The summed E-state index contributed by atoms with van der Waals surface area (Å²) in [5, 5.41) is 9.07. The van der Waals surface area contributed by atoms with Crippen LogP contribution in [-0.4, -0.2) is 11.1 Å². The third kappa shape index (κ3) is 2.43. The molecule has 1 aromatic rings. The second kappa shape index (κ2) is 4.09. The van der Waals surface area contributed by atoms with Crippen LogP contribution >= 0.6 is 27.5 Å². The minimum atomic E-state index is -1.07. The highest BCUT2D eigenvalue weighted by Crippen LogP contribution is 2.25. The molecule has 5 heteroatoms. The predicted octanol–water partition coefficient (Wildman–Crippen LogP) is 2.19. The standard InChI is InChI=1S/C8H7BrClNO2/c9-5-2-1-4(3-6(5)10)7(11)8(12)13/h1-3,7H,11H2,(H,12,13)/t7-/m1/s1. The molecular formula is C8H7BrClNO2. The Kier molecular flexibility index (Phi) is 3.30. The number of carboxylic acid groups (broad SMARTS) is 1. The summed E-state index contributed by atoms with van der Waals surface area (Å²) >= 11 is 8.96. The minimum absolute atomic E-state index is 0.453. The maximum Gasteiger partial charge on any atom is 0.325 e. The lowest BCUT2D eigenvalue weighted by molar-refractivity contribution is -0.138. The van der Waals surface area contributed by atoms with Crippen LogP contribution in [0.25, 0.3) is 0 Å². The van der Waals surface area contributed by atoms with Crippen LogP contribution in [0.3, 0.4) is 0 Å². The van der Waals surface area contributed by atoms with Crippen LogP contribution in [0.15, 0.2) is 22.7 Å². The molecule has 3 N–H and O–H groups in total. The van der Waals surface area contributed by atoms with E-state index >= 15 is 0 Å². The van der Waals surface area contributed by atoms with Crippen LogP contribution in [0.4, 0.5) is 0 Å². The number of carboxylic acids is 1. The molecule has 0 saturated heterocycles. The monoisotopic (exact) mass is 263 g/mol. The molecule has 1 rings (SSSR count). The topological polar surface area (TPSA) is 63.3 Å². The molecule has 0 radical (unpaired) electrons. The van der Waals surface area contributed by atoms with Gasteiger partial charge in [-0.1, -0.05) is 17.7 Å². The summed E-state index contributed by atoms with van der Waals surface area (Å²) in [6.45, 7) is 0. The van der Waals surface area contributed by atoms with Gasteiger partial charge in [-0.25, -0.2) is 0 Å². The van der Waals surface area contributed by atoms with Crippen LogP contribution < -0.4 is 5.73 Å². The van der Waals surface area contributed by atoms with E-state index in [1.165, 1.54) is 6.07 Å². The molecule has 0 aliphatic rings. The maximum absolute atomic E-state index is 10.5. The Morgan fingerprint density at radius 1 is 1.62 bits per heavy atom. The molecule has 0 fully saturated rings. The summed E-state index contributed by atoms with van der Waals surface area (Å²) in [6, 6.07) is 3.80. The number of carbonyl (C=O) groups is 1. The van der Waals surface area contributed by atoms with Gasteiger partial charge >= 0.3 is 5.97 Å². The SMILES string of the molecule is N[C@@H](C(=O)O)c1ccc(Br)c(Cl)c1. The van der Waals surface area contributed by atoms with Gasteiger partial charge in [0.1, 0.15) is 6.04 Å². The number of hydrogen-bond donors (Lipinski definition) is 2. The Balaban J connectivity index is 3.03. The number of hydrogen-bond acceptors (Lipinski definition) is 2. The zero-order chi connectivity index (χ0) is 10.0. The molecule has 1 atom stereocenters. The van der Waals surface area contributed by atoms with E-state index in [-0.39, 0.29) is 0 Å². The molecular weight excluding hydrogens is 257 g/mol. The Labute approximate surface area is 88.6 Å². The number of nitrogens with two attached hydrogens (primary N) is 1. The van der Waals surface area contributed by atoms with E-state index < -0.39 is 12.0 Å². The fraction of sp³-hybridized carbons (Fsp3) is 0.125. The molecule has 0 heterocycles. The smallest absolute Gasteiger partial charge is 0.325 e. The van der Waals surface area contributed by atoms with E-state index in [1.54, 1.807) is 12.1 Å². The Bertz CT molecular complexity index is 343. The van der Waals surface area contributed by atoms with Crippen molar-refractivity contribution in [2.75, 3.05) is 0 Å². The van der Waals surface area contributed by atoms with Gasteiger partial charge in [0.25, 0.3) is 0 Å².